The molecule has 14 heavy (non-hydrogen) atoms. The minimum Gasteiger partial charge on any atom is -0.495 e. The van der Waals surface area contributed by atoms with E-state index in [1.165, 1.54) is 12.2 Å². The summed E-state index contributed by atoms with van der Waals surface area (Å²) in [4.78, 5) is 0. The lowest BCUT2D eigenvalue weighted by Crippen LogP contribution is -2.05. The van der Waals surface area contributed by atoms with E-state index < -0.39 is 0 Å². The van der Waals surface area contributed by atoms with Gasteiger partial charge in [-0.2, -0.15) is 0 Å². The van der Waals surface area contributed by atoms with Crippen LogP contribution in [-0.2, 0) is 6.42 Å². The molecule has 0 fully saturated rings. The maximum atomic E-state index is 8.68. The number of rotatable bonds is 4. The topological polar surface area (TPSA) is 72.2 Å². The highest BCUT2D eigenvalue weighted by atomic mass is 14.7. The second kappa shape index (κ2) is 4.97. The molecule has 1 aromatic carbocycles. The van der Waals surface area contributed by atoms with Gasteiger partial charge >= 0.3 is 0 Å². The summed E-state index contributed by atoms with van der Waals surface area (Å²) in [6.07, 6.45) is 3.35. The van der Waals surface area contributed by atoms with Crippen molar-refractivity contribution in [3.05, 3.63) is 53.5 Å². The fourth-order valence-electron chi connectivity index (χ4n) is 1.06. The first-order valence-electron chi connectivity index (χ1n) is 4.29. The van der Waals surface area contributed by atoms with Crippen molar-refractivity contribution in [3.63, 3.8) is 0 Å². The average Bonchev–Trinajstić information content (AvgIpc) is 2.16. The zero-order chi connectivity index (χ0) is 10.4. The van der Waals surface area contributed by atoms with E-state index in [9.17, 15) is 0 Å². The van der Waals surface area contributed by atoms with E-state index >= 15 is 0 Å². The van der Waals surface area contributed by atoms with Crippen molar-refractivity contribution in [3.8, 4) is 0 Å². The Morgan fingerprint density at radius 1 is 1.29 bits per heavy atom. The third kappa shape index (κ3) is 3.67. The number of allylic oxidation sites excluding steroid dienone is 1. The molecule has 1 rings (SSSR count). The van der Waals surface area contributed by atoms with Gasteiger partial charge in [0.15, 0.2) is 0 Å². The predicted octanol–water partition coefficient (Wildman–Crippen LogP) is 1.73. The molecule has 0 spiro atoms. The molecule has 0 unspecified atom stereocenters. The minimum absolute atomic E-state index is 0.275. The number of hydrogen-bond donors (Lipinski definition) is 2. The molecular formula is C11H12N3-. The van der Waals surface area contributed by atoms with Gasteiger partial charge in [-0.25, -0.2) is 0 Å². The van der Waals surface area contributed by atoms with Crippen LogP contribution < -0.4 is 5.73 Å². The van der Waals surface area contributed by atoms with Gasteiger partial charge in [-0.05, 0) is 11.6 Å². The Kier molecular flexibility index (Phi) is 3.61. The number of amidine groups is 1. The van der Waals surface area contributed by atoms with Crippen LogP contribution in [0.15, 0.2) is 42.5 Å². The Hall–Kier alpha value is -1.90. The average molecular weight is 186 g/mol. The van der Waals surface area contributed by atoms with E-state index in [0.717, 1.165) is 5.56 Å². The molecule has 0 heterocycles. The van der Waals surface area contributed by atoms with Crippen LogP contribution in [0.4, 0.5) is 0 Å². The van der Waals surface area contributed by atoms with Crippen molar-refractivity contribution in [2.75, 3.05) is 0 Å². The molecule has 3 nitrogen and oxygen atoms in total. The lowest BCUT2D eigenvalue weighted by atomic mass is 10.1. The van der Waals surface area contributed by atoms with Crippen molar-refractivity contribution in [2.24, 2.45) is 5.73 Å². The Balaban J connectivity index is 2.54. The molecule has 0 aliphatic carbocycles. The summed E-state index contributed by atoms with van der Waals surface area (Å²) in [5.41, 5.74) is 6.50. The fourth-order valence-corrected chi connectivity index (χ4v) is 1.06. The molecule has 0 saturated heterocycles. The van der Waals surface area contributed by atoms with Gasteiger partial charge in [-0.1, -0.05) is 42.2 Å². The molecule has 0 aliphatic rings. The zero-order valence-electron chi connectivity index (χ0n) is 7.77. The summed E-state index contributed by atoms with van der Waals surface area (Å²) in [5, 5.41) is 16.2. The Morgan fingerprint density at radius 2 is 1.93 bits per heavy atom. The number of nitrogens with one attached hydrogen (secondary N) is 1. The first kappa shape index (κ1) is 10.2. The molecule has 0 radical (unpaired) electrons. The highest BCUT2D eigenvalue weighted by Gasteiger charge is 1.93. The molecule has 0 atom stereocenters. The summed E-state index contributed by atoms with van der Waals surface area (Å²) in [5.74, 6) is -0.275. The van der Waals surface area contributed by atoms with E-state index in [-0.39, 0.29) is 5.84 Å². The van der Waals surface area contributed by atoms with Crippen LogP contribution in [0.5, 0.6) is 0 Å². The van der Waals surface area contributed by atoms with Crippen molar-refractivity contribution >= 4 is 11.5 Å². The fraction of sp³-hybridized carbons (Fsp3) is 0.0909. The first-order chi connectivity index (χ1) is 6.68. The second-order valence-corrected chi connectivity index (χ2v) is 2.95. The van der Waals surface area contributed by atoms with Crippen LogP contribution >= 0.6 is 0 Å². The maximum absolute atomic E-state index is 8.68. The van der Waals surface area contributed by atoms with Gasteiger partial charge in [0.05, 0.1) is 0 Å². The summed E-state index contributed by atoms with van der Waals surface area (Å²) in [6.45, 7) is 0. The smallest absolute Gasteiger partial charge is 0.0357 e. The molecule has 0 saturated carbocycles. The van der Waals surface area contributed by atoms with Crippen LogP contribution in [0.25, 0.3) is 5.41 Å². The van der Waals surface area contributed by atoms with Gasteiger partial charge in [0.1, 0.15) is 0 Å². The van der Waals surface area contributed by atoms with Gasteiger partial charge in [-0.15, -0.1) is 0 Å². The van der Waals surface area contributed by atoms with Crippen molar-refractivity contribution < 1.29 is 0 Å². The molecule has 0 amide bonds. The lowest BCUT2D eigenvalue weighted by molar-refractivity contribution is 1.29. The lowest BCUT2D eigenvalue weighted by Gasteiger charge is -1.99. The van der Waals surface area contributed by atoms with Crippen LogP contribution in [0, 0.1) is 5.41 Å². The summed E-state index contributed by atoms with van der Waals surface area (Å²) in [6, 6.07) is 9.70. The minimum atomic E-state index is -0.275. The standard InChI is InChI=1S/C11H12N3/c12-10(6-7-11(13)14)8-9-4-2-1-3-5-9/h1-7,12H,8H2,(H2-,13,14)/q-1/b7-6-,12-10?. The largest absolute Gasteiger partial charge is 0.495 e. The van der Waals surface area contributed by atoms with E-state index in [1.807, 2.05) is 30.3 Å². The van der Waals surface area contributed by atoms with Crippen molar-refractivity contribution in [1.82, 2.24) is 0 Å². The van der Waals surface area contributed by atoms with Crippen LogP contribution in [0.2, 0.25) is 0 Å². The molecular weight excluding hydrogens is 174 g/mol. The molecule has 1 aromatic rings. The Morgan fingerprint density at radius 3 is 2.50 bits per heavy atom. The van der Waals surface area contributed by atoms with Gasteiger partial charge in [0.25, 0.3) is 0 Å². The number of benzene rings is 1. The predicted molar refractivity (Wildman–Crippen MR) is 59.6 cm³/mol. The zero-order valence-corrected chi connectivity index (χ0v) is 7.77. The normalized spacial score (nSPS) is 10.3. The van der Waals surface area contributed by atoms with E-state index in [2.05, 4.69) is 0 Å². The quantitative estimate of drug-likeness (QED) is 0.545. The van der Waals surface area contributed by atoms with Crippen LogP contribution in [-0.4, -0.2) is 11.5 Å². The highest BCUT2D eigenvalue weighted by Crippen LogP contribution is 2.00. The second-order valence-electron chi connectivity index (χ2n) is 2.95. The maximum Gasteiger partial charge on any atom is 0.0357 e. The van der Waals surface area contributed by atoms with Gasteiger partial charge in [0.2, 0.25) is 0 Å². The molecule has 72 valence electrons. The molecule has 0 aromatic heterocycles. The monoisotopic (exact) mass is 186 g/mol. The molecule has 0 aliphatic heterocycles. The van der Waals surface area contributed by atoms with E-state index in [0.29, 0.717) is 12.1 Å². The number of nitrogens with two attached hydrogens (primary N) is 1. The Bertz CT molecular complexity index is 352. The summed E-state index contributed by atoms with van der Waals surface area (Å²) >= 11 is 0. The Labute approximate surface area is 83.3 Å². The molecule has 3 heteroatoms. The van der Waals surface area contributed by atoms with Crippen molar-refractivity contribution in [1.29, 1.82) is 5.41 Å². The first-order valence-corrected chi connectivity index (χ1v) is 4.29. The number of nitrogens with zero attached hydrogens (tertiary/aromatic N) is 1. The van der Waals surface area contributed by atoms with Crippen LogP contribution in [0.3, 0.4) is 0 Å². The van der Waals surface area contributed by atoms with E-state index in [1.54, 1.807) is 0 Å². The van der Waals surface area contributed by atoms with Gasteiger partial charge in [-0.3, -0.25) is 0 Å². The third-order valence-corrected chi connectivity index (χ3v) is 1.69. The summed E-state index contributed by atoms with van der Waals surface area (Å²) in [7, 11) is 0. The van der Waals surface area contributed by atoms with Gasteiger partial charge in [0, 0.05) is 12.1 Å². The van der Waals surface area contributed by atoms with E-state index in [4.69, 9.17) is 16.6 Å². The third-order valence-electron chi connectivity index (χ3n) is 1.69. The number of hydrogen-bond acceptors (Lipinski definition) is 1. The molecule has 3 N–H and O–H groups in total. The summed E-state index contributed by atoms with van der Waals surface area (Å²) < 4.78 is 0. The van der Waals surface area contributed by atoms with Crippen LogP contribution in [0.1, 0.15) is 5.56 Å². The SMILES string of the molecule is [N-]=C(N)/C=C\C(=N)Cc1ccccc1. The molecule has 0 bridgehead atoms. The van der Waals surface area contributed by atoms with Gasteiger partial charge < -0.3 is 16.6 Å². The highest BCUT2D eigenvalue weighted by molar-refractivity contribution is 6.02. The van der Waals surface area contributed by atoms with Crippen molar-refractivity contribution in [2.45, 2.75) is 6.42 Å².